The van der Waals surface area contributed by atoms with Crippen LogP contribution in [0.25, 0.3) is 0 Å². The van der Waals surface area contributed by atoms with Crippen LogP contribution < -0.4 is 10.6 Å². The molecular weight excluding hydrogens is 224 g/mol. The first-order chi connectivity index (χ1) is 8.09. The van der Waals surface area contributed by atoms with Crippen molar-refractivity contribution in [1.29, 1.82) is 0 Å². The van der Waals surface area contributed by atoms with Crippen LogP contribution in [-0.4, -0.2) is 35.7 Å². The highest BCUT2D eigenvalue weighted by molar-refractivity contribution is 5.58. The van der Waals surface area contributed by atoms with E-state index < -0.39 is 4.92 Å². The topological polar surface area (TPSA) is 94.5 Å². The van der Waals surface area contributed by atoms with Gasteiger partial charge < -0.3 is 15.4 Å². The van der Waals surface area contributed by atoms with Gasteiger partial charge in [0.25, 0.3) is 0 Å². The minimum absolute atomic E-state index is 0.0498. The van der Waals surface area contributed by atoms with Crippen LogP contribution in [0.3, 0.4) is 0 Å². The number of hydrogen-bond acceptors (Lipinski definition) is 6. The van der Waals surface area contributed by atoms with Crippen LogP contribution in [0.5, 0.6) is 0 Å². The number of rotatable bonds is 2. The van der Waals surface area contributed by atoms with Gasteiger partial charge in [0.2, 0.25) is 5.82 Å². The molecule has 7 nitrogen and oxygen atoms in total. The van der Waals surface area contributed by atoms with Gasteiger partial charge in [-0.15, -0.1) is 0 Å². The lowest BCUT2D eigenvalue weighted by molar-refractivity contribution is -0.384. The Hall–Kier alpha value is -1.89. The fourth-order valence-electron chi connectivity index (χ4n) is 1.84. The number of nitrogens with zero attached hydrogens (tertiary/aromatic N) is 3. The molecule has 0 aliphatic carbocycles. The normalized spacial score (nSPS) is 20.3. The van der Waals surface area contributed by atoms with Gasteiger partial charge >= 0.3 is 5.69 Å². The van der Waals surface area contributed by atoms with Crippen molar-refractivity contribution < 1.29 is 9.66 Å². The highest BCUT2D eigenvalue weighted by atomic mass is 16.6. The van der Waals surface area contributed by atoms with Gasteiger partial charge in [-0.1, -0.05) is 0 Å². The summed E-state index contributed by atoms with van der Waals surface area (Å²) >= 11 is 0. The van der Waals surface area contributed by atoms with Crippen molar-refractivity contribution in [3.63, 3.8) is 0 Å². The first kappa shape index (κ1) is 11.6. The van der Waals surface area contributed by atoms with Crippen molar-refractivity contribution in [2.45, 2.75) is 13.0 Å². The average Bonchev–Trinajstić information content (AvgIpc) is 2.29. The van der Waals surface area contributed by atoms with Crippen LogP contribution in [0.1, 0.15) is 6.92 Å². The SMILES string of the molecule is CC1COCCN1c1ccc([N+](=O)[O-])c(N)n1. The third-order valence-corrected chi connectivity index (χ3v) is 2.75. The zero-order valence-corrected chi connectivity index (χ0v) is 9.50. The number of nitrogen functional groups attached to an aromatic ring is 1. The minimum Gasteiger partial charge on any atom is -0.378 e. The maximum Gasteiger partial charge on any atom is 0.311 e. The van der Waals surface area contributed by atoms with Crippen molar-refractivity contribution in [3.05, 3.63) is 22.2 Å². The number of morpholine rings is 1. The second kappa shape index (κ2) is 4.54. The van der Waals surface area contributed by atoms with E-state index in [0.29, 0.717) is 25.6 Å². The van der Waals surface area contributed by atoms with E-state index in [0.717, 1.165) is 0 Å². The van der Waals surface area contributed by atoms with Gasteiger partial charge in [0, 0.05) is 12.6 Å². The first-order valence-corrected chi connectivity index (χ1v) is 5.35. The lowest BCUT2D eigenvalue weighted by atomic mass is 10.2. The second-order valence-corrected chi connectivity index (χ2v) is 3.95. The van der Waals surface area contributed by atoms with E-state index in [-0.39, 0.29) is 17.5 Å². The molecule has 1 aliphatic rings. The van der Waals surface area contributed by atoms with Gasteiger partial charge in [-0.05, 0) is 13.0 Å². The number of nitrogens with two attached hydrogens (primary N) is 1. The Morgan fingerprint density at radius 3 is 3.00 bits per heavy atom. The van der Waals surface area contributed by atoms with Gasteiger partial charge in [0.15, 0.2) is 0 Å². The molecule has 1 saturated heterocycles. The summed E-state index contributed by atoms with van der Waals surface area (Å²) in [4.78, 5) is 16.2. The van der Waals surface area contributed by atoms with Crippen LogP contribution >= 0.6 is 0 Å². The number of aromatic nitrogens is 1. The Labute approximate surface area is 98.3 Å². The number of ether oxygens (including phenoxy) is 1. The standard InChI is InChI=1S/C10H14N4O3/c1-7-6-17-5-4-13(7)9-3-2-8(14(15)16)10(11)12-9/h2-3,7H,4-6H2,1H3,(H2,11,12). The zero-order valence-electron chi connectivity index (χ0n) is 9.50. The van der Waals surface area contributed by atoms with Gasteiger partial charge in [-0.3, -0.25) is 10.1 Å². The predicted octanol–water partition coefficient (Wildman–Crippen LogP) is 0.797. The van der Waals surface area contributed by atoms with Crippen LogP contribution in [0.15, 0.2) is 12.1 Å². The molecular formula is C10H14N4O3. The molecule has 7 heteroatoms. The van der Waals surface area contributed by atoms with Crippen molar-refractivity contribution in [2.24, 2.45) is 0 Å². The molecule has 2 N–H and O–H groups in total. The third kappa shape index (κ3) is 2.28. The van der Waals surface area contributed by atoms with Crippen molar-refractivity contribution >= 4 is 17.3 Å². The van der Waals surface area contributed by atoms with E-state index in [9.17, 15) is 10.1 Å². The summed E-state index contributed by atoms with van der Waals surface area (Å²) in [6.45, 7) is 3.98. The summed E-state index contributed by atoms with van der Waals surface area (Å²) in [6.07, 6.45) is 0. The largest absolute Gasteiger partial charge is 0.378 e. The fourth-order valence-corrected chi connectivity index (χ4v) is 1.84. The number of anilines is 2. The lowest BCUT2D eigenvalue weighted by Gasteiger charge is -2.34. The predicted molar refractivity (Wildman–Crippen MR) is 62.9 cm³/mol. The first-order valence-electron chi connectivity index (χ1n) is 5.35. The molecule has 1 fully saturated rings. The van der Waals surface area contributed by atoms with Crippen molar-refractivity contribution in [1.82, 2.24) is 4.98 Å². The molecule has 1 aromatic rings. The van der Waals surface area contributed by atoms with Crippen LogP contribution in [0.2, 0.25) is 0 Å². The van der Waals surface area contributed by atoms with Crippen LogP contribution in [0.4, 0.5) is 17.3 Å². The zero-order chi connectivity index (χ0) is 12.4. The molecule has 1 atom stereocenters. The summed E-state index contributed by atoms with van der Waals surface area (Å²) in [6, 6.07) is 3.20. The number of hydrogen-bond donors (Lipinski definition) is 1. The minimum atomic E-state index is -0.533. The highest BCUT2D eigenvalue weighted by Gasteiger charge is 2.22. The molecule has 1 aliphatic heterocycles. The molecule has 1 unspecified atom stereocenters. The van der Waals surface area contributed by atoms with Gasteiger partial charge in [-0.2, -0.15) is 0 Å². The molecule has 0 bridgehead atoms. The Balaban J connectivity index is 2.27. The van der Waals surface area contributed by atoms with E-state index in [1.165, 1.54) is 6.07 Å². The van der Waals surface area contributed by atoms with E-state index in [2.05, 4.69) is 4.98 Å². The Morgan fingerprint density at radius 2 is 2.41 bits per heavy atom. The van der Waals surface area contributed by atoms with Gasteiger partial charge in [0.1, 0.15) is 5.82 Å². The maximum absolute atomic E-state index is 10.6. The van der Waals surface area contributed by atoms with Crippen LogP contribution in [-0.2, 0) is 4.74 Å². The maximum atomic E-state index is 10.6. The molecule has 0 aromatic carbocycles. The monoisotopic (exact) mass is 238 g/mol. The fraction of sp³-hybridized carbons (Fsp3) is 0.500. The van der Waals surface area contributed by atoms with E-state index >= 15 is 0 Å². The van der Waals surface area contributed by atoms with Gasteiger partial charge in [-0.25, -0.2) is 4.98 Å². The summed E-state index contributed by atoms with van der Waals surface area (Å²) < 4.78 is 5.32. The molecule has 1 aromatic heterocycles. The van der Waals surface area contributed by atoms with Crippen molar-refractivity contribution in [2.75, 3.05) is 30.4 Å². The Morgan fingerprint density at radius 1 is 1.65 bits per heavy atom. The quantitative estimate of drug-likeness (QED) is 0.604. The lowest BCUT2D eigenvalue weighted by Crippen LogP contribution is -2.44. The van der Waals surface area contributed by atoms with E-state index in [1.807, 2.05) is 11.8 Å². The van der Waals surface area contributed by atoms with E-state index in [4.69, 9.17) is 10.5 Å². The molecule has 0 amide bonds. The smallest absolute Gasteiger partial charge is 0.311 e. The van der Waals surface area contributed by atoms with Crippen molar-refractivity contribution in [3.8, 4) is 0 Å². The van der Waals surface area contributed by atoms with Crippen LogP contribution in [0, 0.1) is 10.1 Å². The number of pyridine rings is 1. The summed E-state index contributed by atoms with van der Waals surface area (Å²) in [5.41, 5.74) is 5.41. The molecule has 2 rings (SSSR count). The molecule has 2 heterocycles. The van der Waals surface area contributed by atoms with Gasteiger partial charge in [0.05, 0.1) is 24.2 Å². The summed E-state index contributed by atoms with van der Waals surface area (Å²) in [5, 5.41) is 10.6. The van der Waals surface area contributed by atoms with E-state index in [1.54, 1.807) is 6.07 Å². The second-order valence-electron chi connectivity index (χ2n) is 3.95. The molecule has 17 heavy (non-hydrogen) atoms. The average molecular weight is 238 g/mol. The Kier molecular flexibility index (Phi) is 3.10. The molecule has 0 spiro atoms. The third-order valence-electron chi connectivity index (χ3n) is 2.75. The summed E-state index contributed by atoms with van der Waals surface area (Å²) in [7, 11) is 0. The Bertz CT molecular complexity index is 438. The molecule has 0 radical (unpaired) electrons. The number of nitro groups is 1. The molecule has 92 valence electrons. The highest BCUT2D eigenvalue weighted by Crippen LogP contribution is 2.24. The summed E-state index contributed by atoms with van der Waals surface area (Å²) in [5.74, 6) is 0.607. The molecule has 0 saturated carbocycles.